The monoisotopic (exact) mass is 520 g/mol. The third-order valence-corrected chi connectivity index (χ3v) is 9.67. The van der Waals surface area contributed by atoms with Crippen LogP contribution in [-0.2, 0) is 16.8 Å². The molecule has 4 bridgehead atoms. The maximum atomic E-state index is 11.6. The SMILES string of the molecule is CCC(=Cc1cc(C)c(-c2ccc(OCc3ccccc3)c(C34CC5CC(CC(C5)C3)C4)c2)c(C)c1)C(=O)O. The second-order valence-corrected chi connectivity index (χ2v) is 12.5. The molecule has 0 atom stereocenters. The molecule has 4 saturated carbocycles. The molecule has 0 spiro atoms. The Hall–Kier alpha value is -3.33. The van der Waals surface area contributed by atoms with Gasteiger partial charge in [-0.05, 0) is 134 Å². The summed E-state index contributed by atoms with van der Waals surface area (Å²) in [6.07, 6.45) is 10.5. The van der Waals surface area contributed by atoms with E-state index in [-0.39, 0.29) is 5.41 Å². The average molecular weight is 521 g/mol. The summed E-state index contributed by atoms with van der Waals surface area (Å²) in [5.41, 5.74) is 9.07. The van der Waals surface area contributed by atoms with Crippen LogP contribution in [0.1, 0.15) is 79.7 Å². The zero-order chi connectivity index (χ0) is 27.1. The number of ether oxygens (including phenoxy) is 1. The molecule has 4 aliphatic carbocycles. The maximum Gasteiger partial charge on any atom is 0.331 e. The molecule has 0 unspecified atom stereocenters. The molecule has 202 valence electrons. The standard InChI is InChI=1S/C36H40O3/c1-4-30(35(37)38)17-26-12-23(2)34(24(3)13-26)31-10-11-33(39-22-25-8-6-5-7-9-25)32(18-31)36-19-27-14-28(20-36)16-29(15-27)21-36/h5-13,17-18,27-29H,4,14-16,19-22H2,1-3H3,(H,37,38). The molecule has 1 N–H and O–H groups in total. The third-order valence-electron chi connectivity index (χ3n) is 9.67. The lowest BCUT2D eigenvalue weighted by molar-refractivity contribution is -0.132. The first-order valence-electron chi connectivity index (χ1n) is 14.7. The predicted octanol–water partition coefficient (Wildman–Crippen LogP) is 8.90. The minimum atomic E-state index is -0.844. The predicted molar refractivity (Wildman–Crippen MR) is 158 cm³/mol. The van der Waals surface area contributed by atoms with Crippen molar-refractivity contribution < 1.29 is 14.6 Å². The Morgan fingerprint density at radius 1 is 0.923 bits per heavy atom. The summed E-state index contributed by atoms with van der Waals surface area (Å²) < 4.78 is 6.60. The van der Waals surface area contributed by atoms with Gasteiger partial charge in [-0.25, -0.2) is 4.79 Å². The zero-order valence-corrected chi connectivity index (χ0v) is 23.5. The number of hydrogen-bond acceptors (Lipinski definition) is 2. The molecule has 3 aromatic carbocycles. The van der Waals surface area contributed by atoms with Gasteiger partial charge < -0.3 is 9.84 Å². The highest BCUT2D eigenvalue weighted by Gasteiger charge is 2.52. The minimum absolute atomic E-state index is 0.221. The lowest BCUT2D eigenvalue weighted by Gasteiger charge is -2.57. The maximum absolute atomic E-state index is 11.6. The number of hydrogen-bond donors (Lipinski definition) is 1. The first-order valence-corrected chi connectivity index (χ1v) is 14.7. The topological polar surface area (TPSA) is 46.5 Å². The van der Waals surface area contributed by atoms with E-state index in [0.717, 1.165) is 29.1 Å². The van der Waals surface area contributed by atoms with Crippen LogP contribution >= 0.6 is 0 Å². The molecule has 0 aromatic heterocycles. The summed E-state index contributed by atoms with van der Waals surface area (Å²) in [6, 6.07) is 21.6. The third kappa shape index (κ3) is 5.04. The second kappa shape index (κ2) is 10.3. The zero-order valence-electron chi connectivity index (χ0n) is 23.5. The smallest absolute Gasteiger partial charge is 0.331 e. The van der Waals surface area contributed by atoms with Crippen LogP contribution in [0.25, 0.3) is 17.2 Å². The van der Waals surface area contributed by atoms with Crippen molar-refractivity contribution in [1.82, 2.24) is 0 Å². The van der Waals surface area contributed by atoms with Crippen molar-refractivity contribution in [2.75, 3.05) is 0 Å². The average Bonchev–Trinajstić information content (AvgIpc) is 2.90. The molecule has 39 heavy (non-hydrogen) atoms. The van der Waals surface area contributed by atoms with Crippen molar-refractivity contribution in [2.45, 2.75) is 77.7 Å². The molecule has 0 heterocycles. The van der Waals surface area contributed by atoms with Crippen LogP contribution in [0.3, 0.4) is 0 Å². The van der Waals surface area contributed by atoms with Gasteiger partial charge in [-0.1, -0.05) is 55.5 Å². The Labute approximate surface area is 232 Å². The van der Waals surface area contributed by atoms with Crippen molar-refractivity contribution >= 4 is 12.0 Å². The normalized spacial score (nSPS) is 25.6. The van der Waals surface area contributed by atoms with E-state index in [4.69, 9.17) is 4.74 Å². The van der Waals surface area contributed by atoms with Crippen LogP contribution in [0.15, 0.2) is 66.2 Å². The van der Waals surface area contributed by atoms with Crippen LogP contribution in [0.5, 0.6) is 5.75 Å². The van der Waals surface area contributed by atoms with Crippen molar-refractivity contribution in [3.05, 3.63) is 94.1 Å². The molecular weight excluding hydrogens is 480 g/mol. The second-order valence-electron chi connectivity index (χ2n) is 12.5. The highest BCUT2D eigenvalue weighted by atomic mass is 16.5. The van der Waals surface area contributed by atoms with Crippen LogP contribution in [0, 0.1) is 31.6 Å². The Morgan fingerprint density at radius 2 is 1.54 bits per heavy atom. The molecule has 4 aliphatic rings. The molecule has 7 rings (SSSR count). The molecule has 4 fully saturated rings. The quantitative estimate of drug-likeness (QED) is 0.302. The van der Waals surface area contributed by atoms with Gasteiger partial charge in [-0.3, -0.25) is 0 Å². The Balaban J connectivity index is 1.41. The highest BCUT2D eigenvalue weighted by Crippen LogP contribution is 2.62. The fourth-order valence-electron chi connectivity index (χ4n) is 8.45. The summed E-state index contributed by atoms with van der Waals surface area (Å²) in [4.78, 5) is 11.6. The Morgan fingerprint density at radius 3 is 2.10 bits per heavy atom. The van der Waals surface area contributed by atoms with E-state index in [1.54, 1.807) is 0 Å². The molecule has 0 aliphatic heterocycles. The number of aryl methyl sites for hydroxylation is 2. The van der Waals surface area contributed by atoms with E-state index < -0.39 is 5.97 Å². The summed E-state index contributed by atoms with van der Waals surface area (Å²) >= 11 is 0. The van der Waals surface area contributed by atoms with E-state index >= 15 is 0 Å². The summed E-state index contributed by atoms with van der Waals surface area (Å²) in [5, 5.41) is 9.52. The van der Waals surface area contributed by atoms with Crippen LogP contribution in [0.2, 0.25) is 0 Å². The molecule has 0 amide bonds. The number of carboxylic acid groups (broad SMARTS) is 1. The van der Waals surface area contributed by atoms with Gasteiger partial charge in [0.05, 0.1) is 0 Å². The fraction of sp³-hybridized carbons (Fsp3) is 0.417. The van der Waals surface area contributed by atoms with Crippen molar-refractivity contribution in [2.24, 2.45) is 17.8 Å². The molecule has 3 aromatic rings. The van der Waals surface area contributed by atoms with Gasteiger partial charge in [-0.2, -0.15) is 0 Å². The van der Waals surface area contributed by atoms with Crippen LogP contribution in [0.4, 0.5) is 0 Å². The van der Waals surface area contributed by atoms with E-state index in [2.05, 4.69) is 74.5 Å². The molecule has 0 saturated heterocycles. The van der Waals surface area contributed by atoms with Crippen LogP contribution in [-0.4, -0.2) is 11.1 Å². The van der Waals surface area contributed by atoms with Gasteiger partial charge in [0.2, 0.25) is 0 Å². The fourth-order valence-corrected chi connectivity index (χ4v) is 8.45. The van der Waals surface area contributed by atoms with E-state index in [1.165, 1.54) is 71.9 Å². The summed E-state index contributed by atoms with van der Waals surface area (Å²) in [5.74, 6) is 2.78. The molecule has 3 nitrogen and oxygen atoms in total. The molecule has 3 heteroatoms. The lowest BCUT2D eigenvalue weighted by Crippen LogP contribution is -2.48. The molecular formula is C36H40O3. The van der Waals surface area contributed by atoms with Gasteiger partial charge in [0, 0.05) is 11.1 Å². The number of carboxylic acids is 1. The van der Waals surface area contributed by atoms with Crippen molar-refractivity contribution in [1.29, 1.82) is 0 Å². The Bertz CT molecular complexity index is 1360. The molecule has 0 radical (unpaired) electrons. The van der Waals surface area contributed by atoms with Gasteiger partial charge >= 0.3 is 5.97 Å². The number of aliphatic carboxylic acids is 1. The lowest BCUT2D eigenvalue weighted by atomic mass is 9.48. The summed E-state index contributed by atoms with van der Waals surface area (Å²) in [7, 11) is 0. The van der Waals surface area contributed by atoms with E-state index in [9.17, 15) is 9.90 Å². The minimum Gasteiger partial charge on any atom is -0.489 e. The van der Waals surface area contributed by atoms with E-state index in [1.807, 2.05) is 13.0 Å². The van der Waals surface area contributed by atoms with E-state index in [0.29, 0.717) is 18.6 Å². The van der Waals surface area contributed by atoms with Gasteiger partial charge in [0.25, 0.3) is 0 Å². The highest BCUT2D eigenvalue weighted by molar-refractivity contribution is 5.92. The number of benzene rings is 3. The van der Waals surface area contributed by atoms with Gasteiger partial charge in [-0.15, -0.1) is 0 Å². The van der Waals surface area contributed by atoms with Gasteiger partial charge in [0.15, 0.2) is 0 Å². The number of rotatable bonds is 8. The van der Waals surface area contributed by atoms with Crippen LogP contribution < -0.4 is 4.74 Å². The first kappa shape index (κ1) is 25.9. The van der Waals surface area contributed by atoms with Crippen molar-refractivity contribution in [3.8, 4) is 16.9 Å². The number of carbonyl (C=O) groups is 1. The Kier molecular flexibility index (Phi) is 6.87. The van der Waals surface area contributed by atoms with Crippen molar-refractivity contribution in [3.63, 3.8) is 0 Å². The summed E-state index contributed by atoms with van der Waals surface area (Å²) in [6.45, 7) is 6.77. The largest absolute Gasteiger partial charge is 0.489 e. The van der Waals surface area contributed by atoms with Gasteiger partial charge in [0.1, 0.15) is 12.4 Å². The first-order chi connectivity index (χ1) is 18.8.